The number of unbranched alkanes of at least 4 members (excludes halogenated alkanes) is 1. The Labute approximate surface area is 170 Å². The molecule has 2 amide bonds. The lowest BCUT2D eigenvalue weighted by Gasteiger charge is -2.09. The number of carbonyl (C=O) groups is 1. The molecule has 29 heavy (non-hydrogen) atoms. The average Bonchev–Trinajstić information content (AvgIpc) is 3.17. The molecule has 0 fully saturated rings. The number of benzene rings is 2. The van der Waals surface area contributed by atoms with E-state index in [0.717, 1.165) is 37.9 Å². The van der Waals surface area contributed by atoms with Gasteiger partial charge in [-0.05, 0) is 60.5 Å². The first kappa shape index (κ1) is 20.5. The van der Waals surface area contributed by atoms with Crippen molar-refractivity contribution < 1.29 is 4.79 Å². The number of urea groups is 1. The van der Waals surface area contributed by atoms with Crippen LogP contribution in [0.2, 0.25) is 0 Å². The quantitative estimate of drug-likeness (QED) is 0.460. The van der Waals surface area contributed by atoms with Crippen molar-refractivity contribution in [1.29, 1.82) is 0 Å². The van der Waals surface area contributed by atoms with Crippen LogP contribution in [-0.4, -0.2) is 45.9 Å². The summed E-state index contributed by atoms with van der Waals surface area (Å²) < 4.78 is 1.59. The van der Waals surface area contributed by atoms with E-state index >= 15 is 0 Å². The van der Waals surface area contributed by atoms with E-state index in [-0.39, 0.29) is 6.03 Å². The van der Waals surface area contributed by atoms with Gasteiger partial charge in [-0.1, -0.05) is 42.5 Å². The van der Waals surface area contributed by atoms with Gasteiger partial charge in [-0.3, -0.25) is 0 Å². The highest BCUT2D eigenvalue weighted by Crippen LogP contribution is 2.19. The molecule has 0 spiro atoms. The first-order chi connectivity index (χ1) is 14.2. The largest absolute Gasteiger partial charge is 0.338 e. The van der Waals surface area contributed by atoms with Gasteiger partial charge in [-0.25, -0.2) is 9.48 Å². The van der Waals surface area contributed by atoms with Crippen LogP contribution < -0.4 is 16.0 Å². The van der Waals surface area contributed by atoms with E-state index < -0.39 is 0 Å². The van der Waals surface area contributed by atoms with Crippen molar-refractivity contribution in [1.82, 2.24) is 30.8 Å². The predicted molar refractivity (Wildman–Crippen MR) is 114 cm³/mol. The Morgan fingerprint density at radius 1 is 1.00 bits per heavy atom. The Hall–Kier alpha value is -3.26. The van der Waals surface area contributed by atoms with E-state index in [9.17, 15) is 4.79 Å². The molecule has 2 aromatic carbocycles. The van der Waals surface area contributed by atoms with Crippen LogP contribution in [0.5, 0.6) is 0 Å². The third-order valence-corrected chi connectivity index (χ3v) is 4.50. The van der Waals surface area contributed by atoms with Gasteiger partial charge in [0.2, 0.25) is 0 Å². The maximum Gasteiger partial charge on any atom is 0.319 e. The molecule has 0 radical (unpaired) electrons. The zero-order valence-electron chi connectivity index (χ0n) is 16.6. The normalized spacial score (nSPS) is 10.7. The zero-order valence-corrected chi connectivity index (χ0v) is 16.6. The van der Waals surface area contributed by atoms with Crippen LogP contribution in [0.4, 0.5) is 10.5 Å². The van der Waals surface area contributed by atoms with Crippen molar-refractivity contribution in [2.75, 3.05) is 25.0 Å². The first-order valence-corrected chi connectivity index (χ1v) is 9.84. The number of amides is 2. The summed E-state index contributed by atoms with van der Waals surface area (Å²) in [6.45, 7) is 2.55. The van der Waals surface area contributed by atoms with Gasteiger partial charge in [0, 0.05) is 24.8 Å². The number of hydrogen-bond donors (Lipinski definition) is 3. The maximum atomic E-state index is 12.1. The molecule has 8 nitrogen and oxygen atoms in total. The van der Waals surface area contributed by atoms with Crippen LogP contribution >= 0.6 is 0 Å². The summed E-state index contributed by atoms with van der Waals surface area (Å²) in [5.74, 6) is 0.647. The van der Waals surface area contributed by atoms with Gasteiger partial charge in [-0.2, -0.15) is 0 Å². The molecule has 1 aromatic heterocycles. The number of tetrazole rings is 1. The molecule has 0 aliphatic heterocycles. The Kier molecular flexibility index (Phi) is 7.71. The van der Waals surface area contributed by atoms with Crippen molar-refractivity contribution in [2.45, 2.75) is 19.3 Å². The van der Waals surface area contributed by atoms with Crippen LogP contribution in [-0.2, 0) is 13.5 Å². The second kappa shape index (κ2) is 10.9. The van der Waals surface area contributed by atoms with Crippen molar-refractivity contribution in [2.24, 2.45) is 7.05 Å². The van der Waals surface area contributed by atoms with Gasteiger partial charge in [0.1, 0.15) is 0 Å². The Balaban J connectivity index is 1.29. The average molecular weight is 393 g/mol. The number of aryl methyl sites for hydroxylation is 1. The molecule has 152 valence electrons. The van der Waals surface area contributed by atoms with Crippen molar-refractivity contribution in [3.05, 3.63) is 60.2 Å². The number of nitrogens with zero attached hydrogens (tertiary/aromatic N) is 4. The van der Waals surface area contributed by atoms with E-state index in [0.29, 0.717) is 18.1 Å². The van der Waals surface area contributed by atoms with Gasteiger partial charge in [-0.15, -0.1) is 5.10 Å². The van der Waals surface area contributed by atoms with E-state index in [1.807, 2.05) is 30.3 Å². The summed E-state index contributed by atoms with van der Waals surface area (Å²) >= 11 is 0. The number of aromatic nitrogens is 4. The molecule has 0 saturated carbocycles. The van der Waals surface area contributed by atoms with Gasteiger partial charge in [0.25, 0.3) is 0 Å². The Morgan fingerprint density at radius 3 is 2.62 bits per heavy atom. The van der Waals surface area contributed by atoms with Gasteiger partial charge in [0.15, 0.2) is 5.82 Å². The molecule has 0 unspecified atom stereocenters. The summed E-state index contributed by atoms with van der Waals surface area (Å²) in [5, 5.41) is 20.6. The fourth-order valence-corrected chi connectivity index (χ4v) is 2.96. The zero-order chi connectivity index (χ0) is 20.3. The Morgan fingerprint density at radius 2 is 1.83 bits per heavy atom. The fourth-order valence-electron chi connectivity index (χ4n) is 2.96. The van der Waals surface area contributed by atoms with E-state index in [2.05, 4.69) is 55.7 Å². The molecular formula is C21H27N7O. The summed E-state index contributed by atoms with van der Waals surface area (Å²) in [6, 6.07) is 17.7. The molecule has 3 rings (SSSR count). The van der Waals surface area contributed by atoms with Crippen molar-refractivity contribution in [3.8, 4) is 11.4 Å². The van der Waals surface area contributed by atoms with Crippen molar-refractivity contribution in [3.63, 3.8) is 0 Å². The van der Waals surface area contributed by atoms with E-state index in [1.54, 1.807) is 11.7 Å². The van der Waals surface area contributed by atoms with Crippen LogP contribution in [0.1, 0.15) is 18.4 Å². The first-order valence-electron chi connectivity index (χ1n) is 9.84. The molecule has 8 heteroatoms. The second-order valence-corrected chi connectivity index (χ2v) is 6.78. The monoisotopic (exact) mass is 393 g/mol. The summed E-state index contributed by atoms with van der Waals surface area (Å²) in [5.41, 5.74) is 2.89. The lowest BCUT2D eigenvalue weighted by molar-refractivity contribution is 0.252. The molecular weight excluding hydrogens is 366 g/mol. The third kappa shape index (κ3) is 6.69. The number of nitrogens with one attached hydrogen (secondary N) is 3. The van der Waals surface area contributed by atoms with Gasteiger partial charge in [0.05, 0.1) is 0 Å². The molecule has 0 saturated heterocycles. The molecule has 3 N–H and O–H groups in total. The third-order valence-electron chi connectivity index (χ3n) is 4.50. The van der Waals surface area contributed by atoms with Gasteiger partial charge < -0.3 is 16.0 Å². The smallest absolute Gasteiger partial charge is 0.319 e. The predicted octanol–water partition coefficient (Wildman–Crippen LogP) is 2.61. The fraction of sp³-hybridized carbons (Fsp3) is 0.333. The highest BCUT2D eigenvalue weighted by atomic mass is 16.2. The minimum Gasteiger partial charge on any atom is -0.338 e. The summed E-state index contributed by atoms with van der Waals surface area (Å²) in [7, 11) is 1.78. The standard InChI is InChI=1S/C21H27N7O/c1-28-20(25-26-27-28)18-10-7-11-19(16-18)24-21(29)23-14-6-5-13-22-15-12-17-8-3-2-4-9-17/h2-4,7-11,16,22H,5-6,12-15H2,1H3,(H2,23,24,29). The van der Waals surface area contributed by atoms with Crippen LogP contribution in [0.15, 0.2) is 54.6 Å². The lowest BCUT2D eigenvalue weighted by atomic mass is 10.1. The molecule has 0 aliphatic rings. The number of rotatable bonds is 10. The Bertz CT molecular complexity index is 895. The number of carbonyl (C=O) groups excluding carboxylic acids is 1. The molecule has 3 aromatic rings. The van der Waals surface area contributed by atoms with Crippen LogP contribution in [0, 0.1) is 0 Å². The highest BCUT2D eigenvalue weighted by molar-refractivity contribution is 5.89. The SMILES string of the molecule is Cn1nnnc1-c1cccc(NC(=O)NCCCCNCCc2ccccc2)c1. The number of hydrogen-bond acceptors (Lipinski definition) is 5. The van der Waals surface area contributed by atoms with Crippen molar-refractivity contribution >= 4 is 11.7 Å². The molecule has 0 bridgehead atoms. The van der Waals surface area contributed by atoms with E-state index in [4.69, 9.17) is 0 Å². The summed E-state index contributed by atoms with van der Waals surface area (Å²) in [4.78, 5) is 12.1. The topological polar surface area (TPSA) is 96.8 Å². The molecule has 0 aliphatic carbocycles. The highest BCUT2D eigenvalue weighted by Gasteiger charge is 2.07. The number of anilines is 1. The van der Waals surface area contributed by atoms with Gasteiger partial charge >= 0.3 is 6.03 Å². The minimum absolute atomic E-state index is 0.213. The lowest BCUT2D eigenvalue weighted by Crippen LogP contribution is -2.30. The summed E-state index contributed by atoms with van der Waals surface area (Å²) in [6.07, 6.45) is 2.98. The minimum atomic E-state index is -0.213. The second-order valence-electron chi connectivity index (χ2n) is 6.78. The van der Waals surface area contributed by atoms with Crippen LogP contribution in [0.25, 0.3) is 11.4 Å². The molecule has 1 heterocycles. The van der Waals surface area contributed by atoms with Crippen LogP contribution in [0.3, 0.4) is 0 Å². The molecule has 0 atom stereocenters. The maximum absolute atomic E-state index is 12.1. The van der Waals surface area contributed by atoms with E-state index in [1.165, 1.54) is 5.56 Å².